The van der Waals surface area contributed by atoms with E-state index in [1.165, 1.54) is 31.1 Å². The first-order valence-corrected chi connectivity index (χ1v) is 13.3. The first kappa shape index (κ1) is 24.8. The number of piperazine rings is 1. The standard InChI is InChI=1S/C28H34FN9/c1-28(2,3)25-21-12-19(14-31-26(21)35-36(25)4)24-22(29)15-32-27(34-24)33-23-8-7-18(13-30-23)16-37-10-11-38-9-5-6-20(38)17-37/h7-8,12-15,20H,5-6,9-11,16-17H2,1-4H3,(H,30,32,33,34)/t20-/m1/s1. The average molecular weight is 516 g/mol. The normalized spacial score (nSPS) is 18.7. The molecule has 4 aromatic heterocycles. The molecule has 2 aliphatic heterocycles. The lowest BCUT2D eigenvalue weighted by atomic mass is 9.89. The van der Waals surface area contributed by atoms with E-state index in [1.54, 1.807) is 6.20 Å². The number of anilines is 2. The van der Waals surface area contributed by atoms with Gasteiger partial charge in [-0.15, -0.1) is 0 Å². The van der Waals surface area contributed by atoms with E-state index in [-0.39, 0.29) is 17.1 Å². The van der Waals surface area contributed by atoms with Crippen LogP contribution in [0.5, 0.6) is 0 Å². The summed E-state index contributed by atoms with van der Waals surface area (Å²) in [7, 11) is 1.91. The maximum absolute atomic E-state index is 14.9. The molecule has 1 atom stereocenters. The van der Waals surface area contributed by atoms with Crippen LogP contribution in [-0.2, 0) is 19.0 Å². The lowest BCUT2D eigenvalue weighted by molar-refractivity contribution is 0.0993. The molecule has 0 amide bonds. The average Bonchev–Trinajstić information content (AvgIpc) is 3.48. The zero-order valence-corrected chi connectivity index (χ0v) is 22.4. The van der Waals surface area contributed by atoms with Crippen molar-refractivity contribution in [1.82, 2.24) is 39.5 Å². The predicted octanol–water partition coefficient (Wildman–Crippen LogP) is 4.28. The Hall–Kier alpha value is -3.50. The molecule has 10 heteroatoms. The summed E-state index contributed by atoms with van der Waals surface area (Å²) in [4.78, 5) is 22.8. The van der Waals surface area contributed by atoms with Crippen LogP contribution in [0.4, 0.5) is 16.2 Å². The topological polar surface area (TPSA) is 87.9 Å². The fourth-order valence-electron chi connectivity index (χ4n) is 5.89. The number of halogens is 1. The largest absolute Gasteiger partial charge is 0.309 e. The van der Waals surface area contributed by atoms with E-state index in [4.69, 9.17) is 0 Å². The highest BCUT2D eigenvalue weighted by Crippen LogP contribution is 2.32. The molecular formula is C28H34FN9. The minimum absolute atomic E-state index is 0.149. The van der Waals surface area contributed by atoms with Gasteiger partial charge in [0.05, 0.1) is 11.9 Å². The summed E-state index contributed by atoms with van der Waals surface area (Å²) in [5, 5.41) is 8.53. The first-order valence-electron chi connectivity index (χ1n) is 13.3. The van der Waals surface area contributed by atoms with Crippen LogP contribution in [0, 0.1) is 5.82 Å². The molecule has 38 heavy (non-hydrogen) atoms. The molecule has 2 fully saturated rings. The van der Waals surface area contributed by atoms with Crippen LogP contribution in [0.15, 0.2) is 36.8 Å². The Bertz CT molecular complexity index is 1460. The minimum atomic E-state index is -0.511. The van der Waals surface area contributed by atoms with Crippen molar-refractivity contribution in [1.29, 1.82) is 0 Å². The molecule has 0 unspecified atom stereocenters. The van der Waals surface area contributed by atoms with Gasteiger partial charge in [0.15, 0.2) is 11.5 Å². The third kappa shape index (κ3) is 4.86. The van der Waals surface area contributed by atoms with Gasteiger partial charge >= 0.3 is 0 Å². The van der Waals surface area contributed by atoms with Crippen molar-refractivity contribution in [3.8, 4) is 11.3 Å². The van der Waals surface area contributed by atoms with E-state index >= 15 is 0 Å². The van der Waals surface area contributed by atoms with Crippen molar-refractivity contribution in [2.24, 2.45) is 7.05 Å². The molecule has 198 valence electrons. The molecule has 2 saturated heterocycles. The molecule has 0 saturated carbocycles. The van der Waals surface area contributed by atoms with Gasteiger partial charge in [-0.05, 0) is 37.1 Å². The molecule has 6 heterocycles. The van der Waals surface area contributed by atoms with Crippen molar-refractivity contribution in [2.45, 2.75) is 51.6 Å². The Labute approximate surface area is 222 Å². The smallest absolute Gasteiger partial charge is 0.229 e. The quantitative estimate of drug-likeness (QED) is 0.421. The van der Waals surface area contributed by atoms with Crippen molar-refractivity contribution >= 4 is 22.8 Å². The molecule has 0 bridgehead atoms. The summed E-state index contributed by atoms with van der Waals surface area (Å²) in [5.41, 5.74) is 3.44. The van der Waals surface area contributed by atoms with E-state index < -0.39 is 5.82 Å². The highest BCUT2D eigenvalue weighted by molar-refractivity contribution is 5.83. The van der Waals surface area contributed by atoms with Crippen LogP contribution in [0.3, 0.4) is 0 Å². The molecule has 0 spiro atoms. The van der Waals surface area contributed by atoms with E-state index in [9.17, 15) is 4.39 Å². The number of nitrogens with one attached hydrogen (secondary N) is 1. The van der Waals surface area contributed by atoms with Crippen LogP contribution < -0.4 is 5.32 Å². The van der Waals surface area contributed by atoms with Crippen molar-refractivity contribution in [3.63, 3.8) is 0 Å². The second kappa shape index (κ2) is 9.67. The number of pyridine rings is 2. The van der Waals surface area contributed by atoms with E-state index in [0.29, 0.717) is 23.1 Å². The van der Waals surface area contributed by atoms with E-state index in [2.05, 4.69) is 67.0 Å². The molecule has 0 aromatic carbocycles. The Morgan fingerprint density at radius 3 is 2.71 bits per heavy atom. The lowest BCUT2D eigenvalue weighted by Crippen LogP contribution is -2.49. The number of aryl methyl sites for hydroxylation is 1. The van der Waals surface area contributed by atoms with Gasteiger partial charge in [0.25, 0.3) is 0 Å². The van der Waals surface area contributed by atoms with Crippen molar-refractivity contribution in [3.05, 3.63) is 53.9 Å². The highest BCUT2D eigenvalue weighted by atomic mass is 19.1. The van der Waals surface area contributed by atoms with Gasteiger partial charge in [0, 0.05) is 68.0 Å². The highest BCUT2D eigenvalue weighted by Gasteiger charge is 2.30. The Balaban J connectivity index is 1.19. The predicted molar refractivity (Wildman–Crippen MR) is 146 cm³/mol. The fourth-order valence-corrected chi connectivity index (χ4v) is 5.89. The number of fused-ring (bicyclic) bond motifs is 2. The van der Waals surface area contributed by atoms with Gasteiger partial charge in [-0.25, -0.2) is 24.3 Å². The summed E-state index contributed by atoms with van der Waals surface area (Å²) in [5.74, 6) is 0.382. The zero-order valence-electron chi connectivity index (χ0n) is 22.4. The van der Waals surface area contributed by atoms with Crippen molar-refractivity contribution in [2.75, 3.05) is 31.5 Å². The maximum atomic E-state index is 14.9. The summed E-state index contributed by atoms with van der Waals surface area (Å²) in [6.45, 7) is 11.9. The molecule has 6 rings (SSSR count). The van der Waals surface area contributed by atoms with Crippen LogP contribution in [0.2, 0.25) is 0 Å². The molecule has 0 radical (unpaired) electrons. The molecule has 0 aliphatic carbocycles. The second-order valence-electron chi connectivity index (χ2n) is 11.5. The van der Waals surface area contributed by atoms with Crippen LogP contribution in [-0.4, -0.2) is 71.7 Å². The van der Waals surface area contributed by atoms with Gasteiger partial charge in [0.2, 0.25) is 5.95 Å². The summed E-state index contributed by atoms with van der Waals surface area (Å²) in [6, 6.07) is 6.61. The van der Waals surface area contributed by atoms with Crippen molar-refractivity contribution < 1.29 is 4.39 Å². The maximum Gasteiger partial charge on any atom is 0.229 e. The SMILES string of the molecule is Cn1nc2ncc(-c3nc(Nc4ccc(CN5CCN6CCC[C@@H]6C5)cn4)ncc3F)cc2c1C(C)(C)C. The van der Waals surface area contributed by atoms with Crippen LogP contribution in [0.1, 0.15) is 44.9 Å². The number of nitrogens with zero attached hydrogens (tertiary/aromatic N) is 8. The summed E-state index contributed by atoms with van der Waals surface area (Å²) in [6.07, 6.45) is 7.30. The summed E-state index contributed by atoms with van der Waals surface area (Å²) >= 11 is 0. The van der Waals surface area contributed by atoms with Gasteiger partial charge in [0.1, 0.15) is 11.5 Å². The third-order valence-corrected chi connectivity index (χ3v) is 7.56. The minimum Gasteiger partial charge on any atom is -0.309 e. The van der Waals surface area contributed by atoms with E-state index in [1.807, 2.05) is 30.1 Å². The van der Waals surface area contributed by atoms with Gasteiger partial charge < -0.3 is 5.32 Å². The molecular weight excluding hydrogens is 481 g/mol. The number of aromatic nitrogens is 6. The Kier molecular flexibility index (Phi) is 6.31. The second-order valence-corrected chi connectivity index (χ2v) is 11.5. The van der Waals surface area contributed by atoms with Crippen LogP contribution >= 0.6 is 0 Å². The zero-order chi connectivity index (χ0) is 26.4. The first-order chi connectivity index (χ1) is 18.2. The Morgan fingerprint density at radius 2 is 1.92 bits per heavy atom. The van der Waals surface area contributed by atoms with E-state index in [0.717, 1.165) is 37.3 Å². The molecule has 4 aromatic rings. The monoisotopic (exact) mass is 515 g/mol. The number of hydrogen-bond acceptors (Lipinski definition) is 8. The number of hydrogen-bond donors (Lipinski definition) is 1. The molecule has 1 N–H and O–H groups in total. The Morgan fingerprint density at radius 1 is 1.05 bits per heavy atom. The molecule has 2 aliphatic rings. The third-order valence-electron chi connectivity index (χ3n) is 7.56. The number of rotatable bonds is 5. The lowest BCUT2D eigenvalue weighted by Gasteiger charge is -2.37. The van der Waals surface area contributed by atoms with Crippen LogP contribution in [0.25, 0.3) is 22.3 Å². The molecule has 9 nitrogen and oxygen atoms in total. The van der Waals surface area contributed by atoms with Gasteiger partial charge in [-0.2, -0.15) is 5.10 Å². The summed E-state index contributed by atoms with van der Waals surface area (Å²) < 4.78 is 16.7. The fraction of sp³-hybridized carbons (Fsp3) is 0.464. The van der Waals surface area contributed by atoms with Gasteiger partial charge in [-0.3, -0.25) is 14.5 Å². The van der Waals surface area contributed by atoms with Gasteiger partial charge in [-0.1, -0.05) is 26.8 Å².